The summed E-state index contributed by atoms with van der Waals surface area (Å²) in [6, 6.07) is 11.0. The molecule has 1 aromatic heterocycles. The Morgan fingerprint density at radius 3 is 2.46 bits per heavy atom. The van der Waals surface area contributed by atoms with Gasteiger partial charge in [0.1, 0.15) is 23.9 Å². The SMILES string of the molecule is O=C(Nc1cccc(Cc2nn(-c3cc(F)cc(F)c3)ccc2=O)c1)OCCN1CCN(C(=O)O)CC1. The van der Waals surface area contributed by atoms with Crippen molar-refractivity contribution < 1.29 is 28.2 Å². The molecule has 37 heavy (non-hydrogen) atoms. The van der Waals surface area contributed by atoms with Gasteiger partial charge in [-0.25, -0.2) is 23.1 Å². The minimum Gasteiger partial charge on any atom is -0.465 e. The molecule has 2 amide bonds. The van der Waals surface area contributed by atoms with Gasteiger partial charge in [-0.05, 0) is 29.8 Å². The molecule has 2 N–H and O–H groups in total. The van der Waals surface area contributed by atoms with Crippen molar-refractivity contribution in [1.29, 1.82) is 0 Å². The second kappa shape index (κ2) is 11.6. The van der Waals surface area contributed by atoms with Crippen LogP contribution in [0.15, 0.2) is 59.5 Å². The van der Waals surface area contributed by atoms with Gasteiger partial charge in [0.15, 0.2) is 0 Å². The molecule has 0 unspecified atom stereocenters. The van der Waals surface area contributed by atoms with Crippen molar-refractivity contribution in [3.05, 3.63) is 87.8 Å². The van der Waals surface area contributed by atoms with E-state index in [9.17, 15) is 23.2 Å². The summed E-state index contributed by atoms with van der Waals surface area (Å²) < 4.78 is 33.6. The second-order valence-corrected chi connectivity index (χ2v) is 8.45. The molecule has 10 nitrogen and oxygen atoms in total. The number of carbonyl (C=O) groups excluding carboxylic acids is 1. The molecule has 12 heteroatoms. The van der Waals surface area contributed by atoms with E-state index in [1.165, 1.54) is 21.8 Å². The summed E-state index contributed by atoms with van der Waals surface area (Å²) in [7, 11) is 0. The van der Waals surface area contributed by atoms with Crippen molar-refractivity contribution in [3.8, 4) is 5.69 Å². The van der Waals surface area contributed by atoms with Gasteiger partial charge in [0, 0.05) is 63.2 Å². The lowest BCUT2D eigenvalue weighted by Gasteiger charge is -2.32. The van der Waals surface area contributed by atoms with Gasteiger partial charge < -0.3 is 14.7 Å². The zero-order chi connectivity index (χ0) is 26.4. The Labute approximate surface area is 210 Å². The number of nitrogens with one attached hydrogen (secondary N) is 1. The Morgan fingerprint density at radius 2 is 1.76 bits per heavy atom. The van der Waals surface area contributed by atoms with Crippen molar-refractivity contribution in [2.75, 3.05) is 44.6 Å². The number of hydrogen-bond donors (Lipinski definition) is 2. The number of amides is 2. The highest BCUT2D eigenvalue weighted by Gasteiger charge is 2.20. The standard InChI is InChI=1S/C25H25F2N5O5/c26-18-14-19(27)16-21(15-18)32-5-4-23(33)22(29-32)13-17-2-1-3-20(12-17)28-24(34)37-11-10-30-6-8-31(9-7-30)25(35)36/h1-5,12,14-16H,6-11,13H2,(H,28,34)(H,35,36). The summed E-state index contributed by atoms with van der Waals surface area (Å²) in [4.78, 5) is 38.9. The average Bonchev–Trinajstić information content (AvgIpc) is 2.85. The summed E-state index contributed by atoms with van der Waals surface area (Å²) in [6.07, 6.45) is -0.118. The summed E-state index contributed by atoms with van der Waals surface area (Å²) in [6.45, 7) is 2.60. The first-order valence-electron chi connectivity index (χ1n) is 11.5. The van der Waals surface area contributed by atoms with E-state index in [1.54, 1.807) is 24.3 Å². The molecule has 0 radical (unpaired) electrons. The third-order valence-corrected chi connectivity index (χ3v) is 5.82. The molecule has 1 aliphatic rings. The molecule has 0 aliphatic carbocycles. The number of carboxylic acid groups (broad SMARTS) is 1. The van der Waals surface area contributed by atoms with Crippen LogP contribution < -0.4 is 10.7 Å². The number of piperazine rings is 1. The molecule has 1 fully saturated rings. The fourth-order valence-corrected chi connectivity index (χ4v) is 3.92. The Balaban J connectivity index is 1.33. The lowest BCUT2D eigenvalue weighted by Crippen LogP contribution is -2.49. The maximum absolute atomic E-state index is 13.6. The molecule has 1 saturated heterocycles. The van der Waals surface area contributed by atoms with Crippen molar-refractivity contribution >= 4 is 17.9 Å². The monoisotopic (exact) mass is 513 g/mol. The highest BCUT2D eigenvalue weighted by atomic mass is 19.1. The Hall–Kier alpha value is -4.32. The summed E-state index contributed by atoms with van der Waals surface area (Å²) in [5.41, 5.74) is 1.11. The van der Waals surface area contributed by atoms with Crippen molar-refractivity contribution in [3.63, 3.8) is 0 Å². The van der Waals surface area contributed by atoms with Gasteiger partial charge in [-0.3, -0.25) is 15.0 Å². The van der Waals surface area contributed by atoms with Crippen LogP contribution in [-0.4, -0.2) is 76.2 Å². The van der Waals surface area contributed by atoms with E-state index >= 15 is 0 Å². The van der Waals surface area contributed by atoms with Crippen LogP contribution in [0.2, 0.25) is 0 Å². The van der Waals surface area contributed by atoms with Crippen LogP contribution in [0.1, 0.15) is 11.3 Å². The Morgan fingerprint density at radius 1 is 1.03 bits per heavy atom. The van der Waals surface area contributed by atoms with Crippen LogP contribution in [-0.2, 0) is 11.2 Å². The van der Waals surface area contributed by atoms with Crippen LogP contribution in [0.3, 0.4) is 0 Å². The molecule has 3 aromatic rings. The molecule has 0 bridgehead atoms. The van der Waals surface area contributed by atoms with Crippen LogP contribution >= 0.6 is 0 Å². The van der Waals surface area contributed by atoms with Gasteiger partial charge in [-0.2, -0.15) is 5.10 Å². The number of nitrogens with zero attached hydrogens (tertiary/aromatic N) is 4. The zero-order valence-corrected chi connectivity index (χ0v) is 19.8. The maximum atomic E-state index is 13.6. The van der Waals surface area contributed by atoms with Crippen molar-refractivity contribution in [1.82, 2.24) is 19.6 Å². The van der Waals surface area contributed by atoms with E-state index in [4.69, 9.17) is 9.84 Å². The number of ether oxygens (including phenoxy) is 1. The van der Waals surface area contributed by atoms with E-state index in [1.807, 2.05) is 4.90 Å². The molecule has 194 valence electrons. The number of benzene rings is 2. The minimum absolute atomic E-state index is 0.129. The van der Waals surface area contributed by atoms with Gasteiger partial charge in [-0.1, -0.05) is 12.1 Å². The van der Waals surface area contributed by atoms with Crippen molar-refractivity contribution in [2.45, 2.75) is 6.42 Å². The molecule has 2 heterocycles. The molecule has 1 aliphatic heterocycles. The molecule has 0 spiro atoms. The number of anilines is 1. The summed E-state index contributed by atoms with van der Waals surface area (Å²) >= 11 is 0. The molecular weight excluding hydrogens is 488 g/mol. The number of aromatic nitrogens is 2. The predicted molar refractivity (Wildman–Crippen MR) is 130 cm³/mol. The first-order chi connectivity index (χ1) is 17.8. The largest absolute Gasteiger partial charge is 0.465 e. The number of carbonyl (C=O) groups is 2. The smallest absolute Gasteiger partial charge is 0.411 e. The number of halogens is 2. The quantitative estimate of drug-likeness (QED) is 0.499. The van der Waals surface area contributed by atoms with Gasteiger partial charge >= 0.3 is 12.2 Å². The molecule has 4 rings (SSSR count). The lowest BCUT2D eigenvalue weighted by atomic mass is 10.1. The highest BCUT2D eigenvalue weighted by Crippen LogP contribution is 2.15. The fraction of sp³-hybridized carbons (Fsp3) is 0.280. The normalized spacial score (nSPS) is 13.8. The van der Waals surface area contributed by atoms with Crippen LogP contribution in [0.5, 0.6) is 0 Å². The maximum Gasteiger partial charge on any atom is 0.411 e. The molecular formula is C25H25F2N5O5. The Kier molecular flexibility index (Phi) is 8.08. The topological polar surface area (TPSA) is 117 Å². The summed E-state index contributed by atoms with van der Waals surface area (Å²) in [5.74, 6) is -1.52. The molecule has 0 saturated carbocycles. The predicted octanol–water partition coefficient (Wildman–Crippen LogP) is 2.95. The minimum atomic E-state index is -0.937. The first kappa shape index (κ1) is 25.8. The lowest BCUT2D eigenvalue weighted by molar-refractivity contribution is 0.0909. The second-order valence-electron chi connectivity index (χ2n) is 8.45. The average molecular weight is 514 g/mol. The van der Waals surface area contributed by atoms with E-state index < -0.39 is 23.8 Å². The Bertz CT molecular complexity index is 1320. The van der Waals surface area contributed by atoms with Crippen LogP contribution in [0, 0.1) is 11.6 Å². The van der Waals surface area contributed by atoms with Gasteiger partial charge in [0.25, 0.3) is 0 Å². The van der Waals surface area contributed by atoms with E-state index in [0.29, 0.717) is 44.0 Å². The van der Waals surface area contributed by atoms with E-state index in [-0.39, 0.29) is 29.8 Å². The highest BCUT2D eigenvalue weighted by molar-refractivity contribution is 5.84. The van der Waals surface area contributed by atoms with Gasteiger partial charge in [0.05, 0.1) is 5.69 Å². The van der Waals surface area contributed by atoms with E-state index in [0.717, 1.165) is 18.2 Å². The third kappa shape index (κ3) is 7.10. The van der Waals surface area contributed by atoms with E-state index in [2.05, 4.69) is 10.4 Å². The fourth-order valence-electron chi connectivity index (χ4n) is 3.92. The first-order valence-corrected chi connectivity index (χ1v) is 11.5. The van der Waals surface area contributed by atoms with Crippen molar-refractivity contribution in [2.24, 2.45) is 0 Å². The summed E-state index contributed by atoms with van der Waals surface area (Å²) in [5, 5.41) is 15.9. The van der Waals surface area contributed by atoms with Crippen LogP contribution in [0.4, 0.5) is 24.1 Å². The number of rotatable bonds is 7. The van der Waals surface area contributed by atoms with Gasteiger partial charge in [0.2, 0.25) is 5.43 Å². The zero-order valence-electron chi connectivity index (χ0n) is 19.8. The molecule has 2 aromatic carbocycles. The van der Waals surface area contributed by atoms with Gasteiger partial charge in [-0.15, -0.1) is 0 Å². The third-order valence-electron chi connectivity index (χ3n) is 5.82. The number of hydrogen-bond acceptors (Lipinski definition) is 6. The molecule has 0 atom stereocenters. The van der Waals surface area contributed by atoms with Crippen LogP contribution in [0.25, 0.3) is 5.69 Å².